The lowest BCUT2D eigenvalue weighted by Crippen LogP contribution is -2.57. The van der Waals surface area contributed by atoms with Crippen molar-refractivity contribution in [2.24, 2.45) is 5.92 Å². The van der Waals surface area contributed by atoms with E-state index in [2.05, 4.69) is 15.3 Å². The minimum absolute atomic E-state index is 0.144. The van der Waals surface area contributed by atoms with Gasteiger partial charge in [-0.1, -0.05) is 43.2 Å². The summed E-state index contributed by atoms with van der Waals surface area (Å²) in [6.45, 7) is 1.58. The molecule has 2 fully saturated rings. The third-order valence-corrected chi connectivity index (χ3v) is 6.97. The average Bonchev–Trinajstić information content (AvgIpc) is 3.35. The number of anilines is 1. The Labute approximate surface area is 194 Å². The van der Waals surface area contributed by atoms with Crippen LogP contribution in [0.3, 0.4) is 0 Å². The Hall–Kier alpha value is -2.84. The van der Waals surface area contributed by atoms with Gasteiger partial charge in [0, 0.05) is 24.7 Å². The maximum absolute atomic E-state index is 13.4. The van der Waals surface area contributed by atoms with Crippen molar-refractivity contribution in [1.82, 2.24) is 9.97 Å². The topological polar surface area (TPSA) is 101 Å². The summed E-state index contributed by atoms with van der Waals surface area (Å²) in [6.07, 6.45) is 9.42. The molecule has 1 aliphatic carbocycles. The normalized spacial score (nSPS) is 25.2. The van der Waals surface area contributed by atoms with E-state index >= 15 is 0 Å². The first-order chi connectivity index (χ1) is 15.9. The van der Waals surface area contributed by atoms with Crippen molar-refractivity contribution >= 4 is 17.7 Å². The summed E-state index contributed by atoms with van der Waals surface area (Å²) >= 11 is 0. The monoisotopic (exact) mass is 453 g/mol. The van der Waals surface area contributed by atoms with Crippen LogP contribution < -0.4 is 5.32 Å². The second kappa shape index (κ2) is 9.97. The highest BCUT2D eigenvalue weighted by Gasteiger charge is 2.49. The van der Waals surface area contributed by atoms with E-state index in [4.69, 9.17) is 4.74 Å². The maximum atomic E-state index is 13.4. The van der Waals surface area contributed by atoms with E-state index in [0.717, 1.165) is 45.1 Å². The van der Waals surface area contributed by atoms with E-state index in [1.807, 2.05) is 25.2 Å². The van der Waals surface area contributed by atoms with E-state index in [9.17, 15) is 14.7 Å². The second-order valence-electron chi connectivity index (χ2n) is 9.61. The fraction of sp³-hybridized carbons (Fsp3) is 0.520. The Morgan fingerprint density at radius 2 is 1.91 bits per heavy atom. The molecule has 0 radical (unpaired) electrons. The molecule has 1 aromatic carbocycles. The van der Waals surface area contributed by atoms with Crippen LogP contribution in [0.2, 0.25) is 0 Å². The van der Waals surface area contributed by atoms with Crippen LogP contribution in [0.15, 0.2) is 48.9 Å². The number of piperidine rings is 1. The number of amides is 1. The molecular weight excluding hydrogens is 420 g/mol. The van der Waals surface area contributed by atoms with E-state index in [1.54, 1.807) is 18.3 Å². The molecule has 176 valence electrons. The number of likely N-dealkylation sites (N-methyl/N-ethyl adjacent to an activating group) is 1. The van der Waals surface area contributed by atoms with Gasteiger partial charge in [0.2, 0.25) is 0 Å². The fourth-order valence-corrected chi connectivity index (χ4v) is 5.30. The predicted octanol–water partition coefficient (Wildman–Crippen LogP) is 2.65. The SMILES string of the molecule is C[N+]1(CC(=O)Nc2cnccn2)CCCC(OC(=O)[C@](O)(c2ccccc2)C2CCCC2)C1. The summed E-state index contributed by atoms with van der Waals surface area (Å²) in [4.78, 5) is 34.1. The fourth-order valence-electron chi connectivity index (χ4n) is 5.30. The number of esters is 1. The molecule has 2 heterocycles. The van der Waals surface area contributed by atoms with Crippen LogP contribution in [0.1, 0.15) is 44.1 Å². The second-order valence-corrected chi connectivity index (χ2v) is 9.61. The number of likely N-dealkylation sites (tertiary alicyclic amines) is 1. The Bertz CT molecular complexity index is 951. The number of ether oxygens (including phenoxy) is 1. The van der Waals surface area contributed by atoms with Gasteiger partial charge in [-0.3, -0.25) is 9.78 Å². The molecule has 1 saturated heterocycles. The summed E-state index contributed by atoms with van der Waals surface area (Å²) in [5, 5.41) is 14.4. The van der Waals surface area contributed by atoms with Crippen molar-refractivity contribution < 1.29 is 23.9 Å². The number of carbonyl (C=O) groups is 2. The number of rotatable bonds is 7. The first-order valence-electron chi connectivity index (χ1n) is 11.8. The lowest BCUT2D eigenvalue weighted by molar-refractivity contribution is -0.909. The zero-order chi connectivity index (χ0) is 23.3. The van der Waals surface area contributed by atoms with Gasteiger partial charge >= 0.3 is 5.97 Å². The van der Waals surface area contributed by atoms with Crippen molar-refractivity contribution in [3.05, 3.63) is 54.5 Å². The first-order valence-corrected chi connectivity index (χ1v) is 11.8. The number of nitrogens with zero attached hydrogens (tertiary/aromatic N) is 3. The van der Waals surface area contributed by atoms with Gasteiger partial charge in [-0.2, -0.15) is 0 Å². The largest absolute Gasteiger partial charge is 0.454 e. The highest BCUT2D eigenvalue weighted by atomic mass is 16.6. The molecule has 0 bridgehead atoms. The van der Waals surface area contributed by atoms with Crippen LogP contribution in [0.5, 0.6) is 0 Å². The predicted molar refractivity (Wildman–Crippen MR) is 123 cm³/mol. The van der Waals surface area contributed by atoms with E-state index in [-0.39, 0.29) is 24.5 Å². The Morgan fingerprint density at radius 1 is 1.15 bits per heavy atom. The number of carbonyl (C=O) groups excluding carboxylic acids is 2. The Morgan fingerprint density at radius 3 is 2.61 bits per heavy atom. The molecule has 3 atom stereocenters. The van der Waals surface area contributed by atoms with Gasteiger partial charge in [0.15, 0.2) is 24.1 Å². The van der Waals surface area contributed by atoms with Crippen LogP contribution in [-0.2, 0) is 19.9 Å². The third kappa shape index (κ3) is 5.39. The maximum Gasteiger partial charge on any atom is 0.343 e. The van der Waals surface area contributed by atoms with Gasteiger partial charge in [-0.25, -0.2) is 9.78 Å². The van der Waals surface area contributed by atoms with E-state index in [0.29, 0.717) is 22.4 Å². The third-order valence-electron chi connectivity index (χ3n) is 6.97. The number of aromatic nitrogens is 2. The minimum Gasteiger partial charge on any atom is -0.454 e. The number of benzene rings is 1. The molecule has 0 spiro atoms. The lowest BCUT2D eigenvalue weighted by atomic mass is 9.80. The van der Waals surface area contributed by atoms with Crippen molar-refractivity contribution in [3.63, 3.8) is 0 Å². The number of nitrogens with one attached hydrogen (secondary N) is 1. The van der Waals surface area contributed by atoms with Gasteiger partial charge in [-0.05, 0) is 24.8 Å². The molecule has 8 nitrogen and oxygen atoms in total. The van der Waals surface area contributed by atoms with Gasteiger partial charge < -0.3 is 19.6 Å². The van der Waals surface area contributed by atoms with Gasteiger partial charge in [0.1, 0.15) is 6.54 Å². The van der Waals surface area contributed by atoms with Crippen LogP contribution in [0.25, 0.3) is 0 Å². The number of hydrogen-bond donors (Lipinski definition) is 2. The molecule has 2 aliphatic rings. The molecule has 1 saturated carbocycles. The number of quaternary nitrogens is 1. The van der Waals surface area contributed by atoms with Crippen LogP contribution in [0.4, 0.5) is 5.82 Å². The highest BCUT2D eigenvalue weighted by molar-refractivity contribution is 5.90. The summed E-state index contributed by atoms with van der Waals surface area (Å²) in [5.74, 6) is -0.451. The molecule has 33 heavy (non-hydrogen) atoms. The molecule has 2 unspecified atom stereocenters. The molecule has 2 N–H and O–H groups in total. The smallest absolute Gasteiger partial charge is 0.343 e. The summed E-state index contributed by atoms with van der Waals surface area (Å²) in [6, 6.07) is 9.16. The first kappa shape index (κ1) is 23.3. The summed E-state index contributed by atoms with van der Waals surface area (Å²) in [5.41, 5.74) is -1.04. The molecular formula is C25H33N4O4+. The zero-order valence-electron chi connectivity index (χ0n) is 19.2. The molecule has 4 rings (SSSR count). The Kier molecular flexibility index (Phi) is 7.05. The zero-order valence-corrected chi connectivity index (χ0v) is 19.2. The molecule has 1 aromatic heterocycles. The summed E-state index contributed by atoms with van der Waals surface area (Å²) in [7, 11) is 2.00. The van der Waals surface area contributed by atoms with E-state index in [1.165, 1.54) is 12.4 Å². The quantitative estimate of drug-likeness (QED) is 0.494. The average molecular weight is 454 g/mol. The highest BCUT2D eigenvalue weighted by Crippen LogP contribution is 2.42. The van der Waals surface area contributed by atoms with Gasteiger partial charge in [0.05, 0.1) is 19.8 Å². The molecule has 8 heteroatoms. The molecule has 1 aliphatic heterocycles. The van der Waals surface area contributed by atoms with Crippen molar-refractivity contribution in [2.75, 3.05) is 32.0 Å². The van der Waals surface area contributed by atoms with Gasteiger partial charge in [-0.15, -0.1) is 0 Å². The standard InChI is InChI=1S/C25H32N4O4/c1-29(18-23(30)28-22-16-26-13-14-27-22)15-7-12-21(17-29)33-24(31)25(32,20-10-5-6-11-20)19-8-3-2-4-9-19/h2-4,8-9,13-14,16,20-21,32H,5-7,10-12,15,17-18H2,1H3/p+1/t21?,25-,29?/m0/s1. The number of aliphatic hydroxyl groups is 1. The number of hydrogen-bond acceptors (Lipinski definition) is 6. The lowest BCUT2D eigenvalue weighted by Gasteiger charge is -2.41. The molecule has 2 aromatic rings. The van der Waals surface area contributed by atoms with Crippen LogP contribution in [0, 0.1) is 5.92 Å². The molecule has 1 amide bonds. The van der Waals surface area contributed by atoms with Crippen LogP contribution in [-0.4, -0.2) is 64.2 Å². The van der Waals surface area contributed by atoms with Crippen molar-refractivity contribution in [3.8, 4) is 0 Å². The van der Waals surface area contributed by atoms with E-state index < -0.39 is 11.6 Å². The van der Waals surface area contributed by atoms with Crippen molar-refractivity contribution in [2.45, 2.75) is 50.2 Å². The van der Waals surface area contributed by atoms with Crippen LogP contribution >= 0.6 is 0 Å². The summed E-state index contributed by atoms with van der Waals surface area (Å²) < 4.78 is 6.42. The Balaban J connectivity index is 1.43. The minimum atomic E-state index is -1.64. The van der Waals surface area contributed by atoms with Gasteiger partial charge in [0.25, 0.3) is 5.91 Å². The van der Waals surface area contributed by atoms with Crippen molar-refractivity contribution in [1.29, 1.82) is 0 Å².